The van der Waals surface area contributed by atoms with E-state index in [-0.39, 0.29) is 28.4 Å². The van der Waals surface area contributed by atoms with Crippen molar-refractivity contribution in [3.63, 3.8) is 0 Å². The molecule has 0 spiro atoms. The van der Waals surface area contributed by atoms with Crippen LogP contribution in [-0.4, -0.2) is 17.3 Å². The third-order valence-electron chi connectivity index (χ3n) is 8.66. The van der Waals surface area contributed by atoms with Crippen molar-refractivity contribution < 1.29 is 14.4 Å². The Labute approximate surface area is 144 Å². The van der Waals surface area contributed by atoms with Crippen molar-refractivity contribution in [1.29, 1.82) is 0 Å². The Morgan fingerprint density at radius 2 is 1.79 bits per heavy atom. The smallest absolute Gasteiger partial charge is 0.137 e. The predicted octanol–water partition coefficient (Wildman–Crippen LogP) is 3.98. The molecule has 4 aliphatic carbocycles. The van der Waals surface area contributed by atoms with E-state index >= 15 is 0 Å². The Morgan fingerprint density at radius 3 is 2.50 bits per heavy atom. The van der Waals surface area contributed by atoms with E-state index in [0.717, 1.165) is 32.1 Å². The Hall–Kier alpha value is -0.990. The first-order chi connectivity index (χ1) is 11.3. The molecule has 3 nitrogen and oxygen atoms in total. The zero-order chi connectivity index (χ0) is 17.3. The van der Waals surface area contributed by atoms with E-state index in [9.17, 15) is 14.4 Å². The fourth-order valence-corrected chi connectivity index (χ4v) is 7.53. The predicted molar refractivity (Wildman–Crippen MR) is 91.3 cm³/mol. The normalized spacial score (nSPS) is 50.9. The van der Waals surface area contributed by atoms with Crippen LogP contribution in [0.1, 0.15) is 72.1 Å². The number of rotatable bonds is 1. The number of carbonyl (C=O) groups is 3. The van der Waals surface area contributed by atoms with Crippen molar-refractivity contribution in [1.82, 2.24) is 0 Å². The second-order valence-electron chi connectivity index (χ2n) is 9.66. The summed E-state index contributed by atoms with van der Waals surface area (Å²) in [5.74, 6) is 2.63. The van der Waals surface area contributed by atoms with Crippen molar-refractivity contribution in [3.8, 4) is 0 Å². The molecule has 0 N–H and O–H groups in total. The lowest BCUT2D eigenvalue weighted by atomic mass is 9.44. The highest BCUT2D eigenvalue weighted by Crippen LogP contribution is 2.66. The lowest BCUT2D eigenvalue weighted by Crippen LogP contribution is -2.57. The van der Waals surface area contributed by atoms with Gasteiger partial charge in [0.05, 0.1) is 0 Å². The largest absolute Gasteiger partial charge is 0.300 e. The van der Waals surface area contributed by atoms with E-state index in [1.165, 1.54) is 0 Å². The van der Waals surface area contributed by atoms with Crippen molar-refractivity contribution in [3.05, 3.63) is 0 Å². The quantitative estimate of drug-likeness (QED) is 0.730. The minimum Gasteiger partial charge on any atom is -0.300 e. The maximum absolute atomic E-state index is 13.3. The number of ketones is 3. The minimum absolute atomic E-state index is 0.0174. The van der Waals surface area contributed by atoms with Gasteiger partial charge in [0.1, 0.15) is 17.3 Å². The highest BCUT2D eigenvalue weighted by Gasteiger charge is 2.63. The van der Waals surface area contributed by atoms with Crippen LogP contribution in [0.2, 0.25) is 0 Å². The third kappa shape index (κ3) is 2.05. The maximum atomic E-state index is 13.3. The van der Waals surface area contributed by atoms with Gasteiger partial charge in [0.2, 0.25) is 0 Å². The van der Waals surface area contributed by atoms with Crippen molar-refractivity contribution in [2.75, 3.05) is 0 Å². The van der Waals surface area contributed by atoms with E-state index in [1.807, 2.05) is 0 Å². The molecule has 0 radical (unpaired) electrons. The van der Waals surface area contributed by atoms with Crippen molar-refractivity contribution >= 4 is 17.3 Å². The third-order valence-corrected chi connectivity index (χ3v) is 8.66. The Morgan fingerprint density at radius 1 is 1.04 bits per heavy atom. The highest BCUT2D eigenvalue weighted by atomic mass is 16.1. The number of hydrogen-bond donors (Lipinski definition) is 0. The lowest BCUT2D eigenvalue weighted by molar-refractivity contribution is -0.161. The summed E-state index contributed by atoms with van der Waals surface area (Å²) in [7, 11) is 0. The van der Waals surface area contributed by atoms with Crippen LogP contribution in [0.4, 0.5) is 0 Å². The van der Waals surface area contributed by atoms with Gasteiger partial charge in [0, 0.05) is 31.1 Å². The zero-order valence-electron chi connectivity index (χ0n) is 15.3. The molecule has 0 aliphatic heterocycles. The molecule has 4 fully saturated rings. The molecule has 0 bridgehead atoms. The van der Waals surface area contributed by atoms with Crippen LogP contribution in [-0.2, 0) is 14.4 Å². The molecule has 4 rings (SSSR count). The lowest BCUT2D eigenvalue weighted by Gasteiger charge is -2.59. The molecule has 0 aromatic carbocycles. The molecule has 24 heavy (non-hydrogen) atoms. The van der Waals surface area contributed by atoms with Gasteiger partial charge in [-0.15, -0.1) is 0 Å². The fourth-order valence-electron chi connectivity index (χ4n) is 7.53. The summed E-state index contributed by atoms with van der Waals surface area (Å²) in [5, 5.41) is 0. The monoisotopic (exact) mass is 330 g/mol. The first-order valence-corrected chi connectivity index (χ1v) is 9.82. The second-order valence-corrected chi connectivity index (χ2v) is 9.66. The van der Waals surface area contributed by atoms with Gasteiger partial charge in [-0.2, -0.15) is 0 Å². The standard InChI is InChI=1S/C21H30O3/c1-12(22)16-6-7-17-15-5-4-13-10-14(23)8-9-20(13,2)19(15)18(24)11-21(16,17)3/h13,15-17,19H,4-11H2,1-3H3/t13-,15+,16+,17-,19+,20+,21-/m1/s1. The van der Waals surface area contributed by atoms with Crippen LogP contribution < -0.4 is 0 Å². The summed E-state index contributed by atoms with van der Waals surface area (Å²) in [5.41, 5.74) is -0.0959. The van der Waals surface area contributed by atoms with E-state index in [4.69, 9.17) is 0 Å². The number of carbonyl (C=O) groups excluding carboxylic acids is 3. The summed E-state index contributed by atoms with van der Waals surface area (Å²) >= 11 is 0. The molecule has 132 valence electrons. The second kappa shape index (κ2) is 5.25. The molecule has 3 heteroatoms. The Kier molecular flexibility index (Phi) is 3.61. The van der Waals surface area contributed by atoms with Crippen LogP contribution in [0.25, 0.3) is 0 Å². The molecule has 0 aromatic heterocycles. The van der Waals surface area contributed by atoms with Gasteiger partial charge in [0.15, 0.2) is 0 Å². The van der Waals surface area contributed by atoms with Gasteiger partial charge in [0.25, 0.3) is 0 Å². The van der Waals surface area contributed by atoms with Gasteiger partial charge in [-0.3, -0.25) is 14.4 Å². The SMILES string of the molecule is CC(=O)[C@@H]1CC[C@@H]2[C@@H]3CC[C@@H]4CC(=O)CC[C@]4(C)[C@@H]3C(=O)C[C@@]21C. The Balaban J connectivity index is 1.69. The number of Topliss-reactive ketones (excluding diaryl/α,β-unsaturated/α-hetero) is 3. The maximum Gasteiger partial charge on any atom is 0.137 e. The van der Waals surface area contributed by atoms with Crippen LogP contribution in [0, 0.1) is 40.4 Å². The van der Waals surface area contributed by atoms with Crippen molar-refractivity contribution in [2.24, 2.45) is 40.4 Å². The van der Waals surface area contributed by atoms with E-state index in [1.54, 1.807) is 6.92 Å². The van der Waals surface area contributed by atoms with Crippen LogP contribution >= 0.6 is 0 Å². The highest BCUT2D eigenvalue weighted by molar-refractivity contribution is 5.87. The van der Waals surface area contributed by atoms with Crippen LogP contribution in [0.15, 0.2) is 0 Å². The molecular formula is C21H30O3. The van der Waals surface area contributed by atoms with Gasteiger partial charge in [-0.1, -0.05) is 13.8 Å². The van der Waals surface area contributed by atoms with E-state index in [2.05, 4.69) is 13.8 Å². The molecule has 0 unspecified atom stereocenters. The topological polar surface area (TPSA) is 51.2 Å². The zero-order valence-corrected chi connectivity index (χ0v) is 15.3. The fraction of sp³-hybridized carbons (Fsp3) is 0.857. The van der Waals surface area contributed by atoms with Gasteiger partial charge >= 0.3 is 0 Å². The summed E-state index contributed by atoms with van der Waals surface area (Å²) in [4.78, 5) is 37.4. The molecule has 0 amide bonds. The number of fused-ring (bicyclic) bond motifs is 5. The van der Waals surface area contributed by atoms with Gasteiger partial charge in [-0.25, -0.2) is 0 Å². The first-order valence-electron chi connectivity index (χ1n) is 9.82. The number of hydrogen-bond acceptors (Lipinski definition) is 3. The molecule has 4 saturated carbocycles. The molecule has 0 heterocycles. The molecule has 0 aromatic rings. The van der Waals surface area contributed by atoms with Gasteiger partial charge in [-0.05, 0) is 67.6 Å². The minimum atomic E-state index is -0.113. The van der Waals surface area contributed by atoms with Crippen LogP contribution in [0.3, 0.4) is 0 Å². The average molecular weight is 330 g/mol. The summed E-state index contributed by atoms with van der Waals surface area (Å²) < 4.78 is 0. The van der Waals surface area contributed by atoms with E-state index < -0.39 is 0 Å². The van der Waals surface area contributed by atoms with Gasteiger partial charge < -0.3 is 0 Å². The summed E-state index contributed by atoms with van der Waals surface area (Å²) in [6, 6.07) is 0. The first kappa shape index (κ1) is 16.5. The van der Waals surface area contributed by atoms with E-state index in [0.29, 0.717) is 48.6 Å². The average Bonchev–Trinajstić information content (AvgIpc) is 2.84. The molecule has 0 saturated heterocycles. The molecular weight excluding hydrogens is 300 g/mol. The molecule has 7 atom stereocenters. The van der Waals surface area contributed by atoms with Crippen LogP contribution in [0.5, 0.6) is 0 Å². The summed E-state index contributed by atoms with van der Waals surface area (Å²) in [6.45, 7) is 6.21. The Bertz CT molecular complexity index is 608. The molecule has 4 aliphatic rings. The summed E-state index contributed by atoms with van der Waals surface area (Å²) in [6.07, 6.45) is 7.05. The van der Waals surface area contributed by atoms with Crippen molar-refractivity contribution in [2.45, 2.75) is 72.1 Å².